The fraction of sp³-hybridized carbons (Fsp3) is 0.286. The van der Waals surface area contributed by atoms with Crippen molar-refractivity contribution in [2.24, 2.45) is 0 Å². The van der Waals surface area contributed by atoms with Crippen molar-refractivity contribution in [1.29, 1.82) is 0 Å². The SMILES string of the molecule is CCc1cccc(C)c1Nc1cc(-c2ccccn2)nc(N[C@@H](C)CO)n1. The van der Waals surface area contributed by atoms with E-state index in [2.05, 4.69) is 57.6 Å². The van der Waals surface area contributed by atoms with Gasteiger partial charge in [0, 0.05) is 24.0 Å². The normalized spacial score (nSPS) is 11.9. The van der Waals surface area contributed by atoms with Crippen molar-refractivity contribution >= 4 is 17.5 Å². The van der Waals surface area contributed by atoms with E-state index >= 15 is 0 Å². The van der Waals surface area contributed by atoms with Crippen LogP contribution in [0.1, 0.15) is 25.0 Å². The fourth-order valence-corrected chi connectivity index (χ4v) is 2.82. The van der Waals surface area contributed by atoms with Gasteiger partial charge in [0.1, 0.15) is 5.82 Å². The number of benzene rings is 1. The highest BCUT2D eigenvalue weighted by atomic mass is 16.3. The lowest BCUT2D eigenvalue weighted by Crippen LogP contribution is -2.21. The van der Waals surface area contributed by atoms with Crippen molar-refractivity contribution in [3.63, 3.8) is 0 Å². The number of nitrogens with zero attached hydrogens (tertiary/aromatic N) is 3. The number of aryl methyl sites for hydroxylation is 2. The van der Waals surface area contributed by atoms with Crippen LogP contribution < -0.4 is 10.6 Å². The maximum Gasteiger partial charge on any atom is 0.225 e. The molecule has 0 aliphatic rings. The van der Waals surface area contributed by atoms with Crippen LogP contribution in [0.5, 0.6) is 0 Å². The van der Waals surface area contributed by atoms with Gasteiger partial charge in [0.15, 0.2) is 0 Å². The Balaban J connectivity index is 2.03. The first-order chi connectivity index (χ1) is 13.1. The smallest absolute Gasteiger partial charge is 0.225 e. The number of hydrogen-bond acceptors (Lipinski definition) is 6. The molecule has 1 atom stereocenters. The highest BCUT2D eigenvalue weighted by molar-refractivity contribution is 5.69. The van der Waals surface area contributed by atoms with Crippen LogP contribution in [0.3, 0.4) is 0 Å². The summed E-state index contributed by atoms with van der Waals surface area (Å²) in [7, 11) is 0. The summed E-state index contributed by atoms with van der Waals surface area (Å²) in [5, 5.41) is 15.9. The maximum absolute atomic E-state index is 9.35. The number of pyridine rings is 1. The molecule has 2 heterocycles. The van der Waals surface area contributed by atoms with Gasteiger partial charge in [0.05, 0.1) is 18.0 Å². The first-order valence-electron chi connectivity index (χ1n) is 9.14. The molecule has 3 N–H and O–H groups in total. The highest BCUT2D eigenvalue weighted by Gasteiger charge is 2.12. The van der Waals surface area contributed by atoms with Crippen molar-refractivity contribution in [2.75, 3.05) is 17.2 Å². The molecule has 0 bridgehead atoms. The molecule has 0 spiro atoms. The Hall–Kier alpha value is -2.99. The van der Waals surface area contributed by atoms with E-state index in [1.54, 1.807) is 6.20 Å². The first kappa shape index (κ1) is 18.8. The molecule has 0 radical (unpaired) electrons. The molecule has 140 valence electrons. The lowest BCUT2D eigenvalue weighted by atomic mass is 10.1. The van der Waals surface area contributed by atoms with Gasteiger partial charge in [0.2, 0.25) is 5.95 Å². The van der Waals surface area contributed by atoms with Crippen LogP contribution in [0.25, 0.3) is 11.4 Å². The summed E-state index contributed by atoms with van der Waals surface area (Å²) in [6.07, 6.45) is 2.67. The van der Waals surface area contributed by atoms with Crippen molar-refractivity contribution < 1.29 is 5.11 Å². The summed E-state index contributed by atoms with van der Waals surface area (Å²) in [6.45, 7) is 6.09. The second kappa shape index (κ2) is 8.60. The van der Waals surface area contributed by atoms with Gasteiger partial charge in [-0.1, -0.05) is 31.2 Å². The molecular formula is C21H25N5O. The molecule has 6 heteroatoms. The van der Waals surface area contributed by atoms with E-state index in [9.17, 15) is 5.11 Å². The Kier molecular flexibility index (Phi) is 5.98. The summed E-state index contributed by atoms with van der Waals surface area (Å²) in [5.74, 6) is 1.14. The lowest BCUT2D eigenvalue weighted by molar-refractivity contribution is 0.281. The summed E-state index contributed by atoms with van der Waals surface area (Å²) in [6, 6.07) is 13.7. The molecule has 0 saturated heterocycles. The Bertz CT molecular complexity index is 898. The quantitative estimate of drug-likeness (QED) is 0.590. The average molecular weight is 363 g/mol. The van der Waals surface area contributed by atoms with E-state index in [1.807, 2.05) is 31.2 Å². The summed E-state index contributed by atoms with van der Waals surface area (Å²) in [5.41, 5.74) is 4.93. The van der Waals surface area contributed by atoms with Crippen LogP contribution in [0.2, 0.25) is 0 Å². The molecule has 1 aromatic carbocycles. The number of rotatable bonds is 7. The third-order valence-electron chi connectivity index (χ3n) is 4.30. The van der Waals surface area contributed by atoms with Crippen molar-refractivity contribution in [3.8, 4) is 11.4 Å². The molecule has 0 aliphatic heterocycles. The van der Waals surface area contributed by atoms with Crippen molar-refractivity contribution in [3.05, 3.63) is 59.8 Å². The third kappa shape index (κ3) is 4.60. The van der Waals surface area contributed by atoms with E-state index in [1.165, 1.54) is 5.56 Å². The number of hydrogen-bond donors (Lipinski definition) is 3. The topological polar surface area (TPSA) is 83.0 Å². The van der Waals surface area contributed by atoms with Crippen molar-refractivity contribution in [1.82, 2.24) is 15.0 Å². The minimum absolute atomic E-state index is 0.00227. The van der Waals surface area contributed by atoms with Gasteiger partial charge in [-0.2, -0.15) is 4.98 Å². The summed E-state index contributed by atoms with van der Waals surface area (Å²) in [4.78, 5) is 13.5. The van der Waals surface area contributed by atoms with Gasteiger partial charge in [0.25, 0.3) is 0 Å². The zero-order chi connectivity index (χ0) is 19.2. The molecule has 6 nitrogen and oxygen atoms in total. The predicted molar refractivity (Wildman–Crippen MR) is 109 cm³/mol. The van der Waals surface area contributed by atoms with Crippen molar-refractivity contribution in [2.45, 2.75) is 33.2 Å². The number of anilines is 3. The molecule has 3 rings (SSSR count). The van der Waals surface area contributed by atoms with Gasteiger partial charge in [-0.25, -0.2) is 4.98 Å². The number of aromatic nitrogens is 3. The molecule has 2 aromatic heterocycles. The Morgan fingerprint density at radius 1 is 1.07 bits per heavy atom. The van der Waals surface area contributed by atoms with E-state index in [-0.39, 0.29) is 12.6 Å². The standard InChI is InChI=1S/C21H25N5O/c1-4-16-9-7-8-14(2)20(16)25-19-12-18(17-10-5-6-11-22-17)24-21(26-19)23-15(3)13-27/h5-12,15,27H,4,13H2,1-3H3,(H2,23,24,25,26)/t15-/m0/s1. The molecule has 0 saturated carbocycles. The Labute approximate surface area is 159 Å². The third-order valence-corrected chi connectivity index (χ3v) is 4.30. The number of para-hydroxylation sites is 1. The van der Waals surface area contributed by atoms with E-state index < -0.39 is 0 Å². The number of aliphatic hydroxyl groups is 1. The van der Waals surface area contributed by atoms with E-state index in [0.717, 1.165) is 23.4 Å². The predicted octanol–water partition coefficient (Wildman–Crippen LogP) is 3.95. The molecule has 0 unspecified atom stereocenters. The van der Waals surface area contributed by atoms with E-state index in [4.69, 9.17) is 0 Å². The van der Waals surface area contributed by atoms with Crippen LogP contribution in [0.15, 0.2) is 48.7 Å². The van der Waals surface area contributed by atoms with Crippen LogP contribution in [-0.2, 0) is 6.42 Å². The Morgan fingerprint density at radius 2 is 1.93 bits per heavy atom. The van der Waals surface area contributed by atoms with Crippen LogP contribution in [-0.4, -0.2) is 32.7 Å². The second-order valence-corrected chi connectivity index (χ2v) is 6.49. The van der Waals surface area contributed by atoms with Gasteiger partial charge >= 0.3 is 0 Å². The van der Waals surface area contributed by atoms with Crippen LogP contribution in [0, 0.1) is 6.92 Å². The van der Waals surface area contributed by atoms with Gasteiger partial charge in [-0.3, -0.25) is 4.98 Å². The molecule has 0 aliphatic carbocycles. The maximum atomic E-state index is 9.35. The lowest BCUT2D eigenvalue weighted by Gasteiger charge is -2.16. The summed E-state index contributed by atoms with van der Waals surface area (Å²) < 4.78 is 0. The first-order valence-corrected chi connectivity index (χ1v) is 9.14. The van der Waals surface area contributed by atoms with Gasteiger partial charge < -0.3 is 15.7 Å². The second-order valence-electron chi connectivity index (χ2n) is 6.49. The average Bonchev–Trinajstić information content (AvgIpc) is 2.70. The summed E-state index contributed by atoms with van der Waals surface area (Å²) >= 11 is 0. The Morgan fingerprint density at radius 3 is 2.63 bits per heavy atom. The van der Waals surface area contributed by atoms with Crippen LogP contribution >= 0.6 is 0 Å². The fourth-order valence-electron chi connectivity index (χ4n) is 2.82. The number of aliphatic hydroxyl groups excluding tert-OH is 1. The zero-order valence-corrected chi connectivity index (χ0v) is 15.9. The van der Waals surface area contributed by atoms with E-state index in [0.29, 0.717) is 17.5 Å². The minimum Gasteiger partial charge on any atom is -0.394 e. The molecule has 3 aromatic rings. The van der Waals surface area contributed by atoms with Crippen LogP contribution in [0.4, 0.5) is 17.5 Å². The molecule has 0 amide bonds. The van der Waals surface area contributed by atoms with Gasteiger partial charge in [-0.15, -0.1) is 0 Å². The molecule has 27 heavy (non-hydrogen) atoms. The largest absolute Gasteiger partial charge is 0.394 e. The van der Waals surface area contributed by atoms with Gasteiger partial charge in [-0.05, 0) is 43.5 Å². The number of nitrogens with one attached hydrogen (secondary N) is 2. The molecule has 0 fully saturated rings. The highest BCUT2D eigenvalue weighted by Crippen LogP contribution is 2.27. The minimum atomic E-state index is -0.151. The monoisotopic (exact) mass is 363 g/mol. The molecular weight excluding hydrogens is 338 g/mol. The zero-order valence-electron chi connectivity index (χ0n) is 15.9.